The van der Waals surface area contributed by atoms with Crippen LogP contribution in [0.4, 0.5) is 4.39 Å². The van der Waals surface area contributed by atoms with Gasteiger partial charge in [-0.15, -0.1) is 0 Å². The van der Waals surface area contributed by atoms with E-state index in [0.717, 1.165) is 0 Å². The van der Waals surface area contributed by atoms with Crippen LogP contribution in [0.1, 0.15) is 13.8 Å². The minimum absolute atomic E-state index is 0.221. The van der Waals surface area contributed by atoms with Crippen LogP contribution in [-0.4, -0.2) is 47.4 Å². The van der Waals surface area contributed by atoms with Crippen LogP contribution >= 0.6 is 0 Å². The first-order chi connectivity index (χ1) is 5.91. The van der Waals surface area contributed by atoms with Crippen molar-refractivity contribution in [1.29, 1.82) is 0 Å². The molecule has 0 amide bonds. The van der Waals surface area contributed by atoms with Crippen molar-refractivity contribution >= 4 is 5.97 Å². The number of hydrogen-bond donors (Lipinski definition) is 2. The fourth-order valence-electron chi connectivity index (χ4n) is 1.40. The molecule has 0 aromatic rings. The topological polar surface area (TPSA) is 52.6 Å². The van der Waals surface area contributed by atoms with Crippen molar-refractivity contribution in [1.82, 2.24) is 10.2 Å². The Hall–Kier alpha value is -0.680. The predicted octanol–water partition coefficient (Wildman–Crippen LogP) is 0.0504. The van der Waals surface area contributed by atoms with Gasteiger partial charge in [-0.05, 0) is 13.8 Å². The number of hydrogen-bond acceptors (Lipinski definition) is 3. The van der Waals surface area contributed by atoms with Gasteiger partial charge in [-0.1, -0.05) is 0 Å². The van der Waals surface area contributed by atoms with Crippen LogP contribution in [0, 0.1) is 0 Å². The van der Waals surface area contributed by atoms with E-state index in [1.165, 1.54) is 18.7 Å². The van der Waals surface area contributed by atoms with Crippen LogP contribution in [0.15, 0.2) is 0 Å². The van der Waals surface area contributed by atoms with Gasteiger partial charge in [0.1, 0.15) is 6.04 Å². The third-order valence-electron chi connectivity index (χ3n) is 2.23. The lowest BCUT2D eigenvalue weighted by Gasteiger charge is -2.37. The summed E-state index contributed by atoms with van der Waals surface area (Å²) < 4.78 is 13.4. The van der Waals surface area contributed by atoms with Gasteiger partial charge < -0.3 is 10.4 Å². The second-order valence-electron chi connectivity index (χ2n) is 3.70. The molecule has 1 fully saturated rings. The lowest BCUT2D eigenvalue weighted by atomic mass is 10.1. The quantitative estimate of drug-likeness (QED) is 0.604. The van der Waals surface area contributed by atoms with Crippen molar-refractivity contribution in [3.8, 4) is 0 Å². The number of piperazine rings is 1. The Bertz CT molecular complexity index is 203. The van der Waals surface area contributed by atoms with Crippen LogP contribution in [0.3, 0.4) is 0 Å². The molecule has 2 N–H and O–H groups in total. The molecule has 0 aromatic heterocycles. The zero-order chi connectivity index (χ0) is 10.1. The normalized spacial score (nSPS) is 25.9. The molecule has 13 heavy (non-hydrogen) atoms. The maximum Gasteiger partial charge on any atom is 0.322 e. The molecule has 1 unspecified atom stereocenters. The number of halogens is 1. The Balaban J connectivity index is 2.57. The van der Waals surface area contributed by atoms with Gasteiger partial charge in [0.05, 0.1) is 0 Å². The van der Waals surface area contributed by atoms with Gasteiger partial charge in [-0.25, -0.2) is 4.39 Å². The molecule has 0 saturated carbocycles. The largest absolute Gasteiger partial charge is 0.480 e. The van der Waals surface area contributed by atoms with Crippen LogP contribution in [0.2, 0.25) is 0 Å². The van der Waals surface area contributed by atoms with E-state index in [1.54, 1.807) is 0 Å². The monoisotopic (exact) mass is 190 g/mol. The number of rotatable bonds is 2. The molecule has 1 saturated heterocycles. The summed E-state index contributed by atoms with van der Waals surface area (Å²) in [5.74, 6) is -2.36. The van der Waals surface area contributed by atoms with Crippen molar-refractivity contribution in [3.05, 3.63) is 0 Å². The molecule has 0 aromatic carbocycles. The third-order valence-corrected chi connectivity index (χ3v) is 2.23. The molecule has 76 valence electrons. The summed E-state index contributed by atoms with van der Waals surface area (Å²) in [4.78, 5) is 12.1. The van der Waals surface area contributed by atoms with Crippen LogP contribution < -0.4 is 5.32 Å². The highest BCUT2D eigenvalue weighted by atomic mass is 19.1. The molecular weight excluding hydrogens is 175 g/mol. The van der Waals surface area contributed by atoms with Crippen molar-refractivity contribution in [2.45, 2.75) is 25.7 Å². The molecule has 4 nitrogen and oxygen atoms in total. The average Bonchev–Trinajstić information content (AvgIpc) is 2.03. The van der Waals surface area contributed by atoms with E-state index in [2.05, 4.69) is 5.32 Å². The maximum absolute atomic E-state index is 13.4. The van der Waals surface area contributed by atoms with Gasteiger partial charge in [0.25, 0.3) is 0 Å². The van der Waals surface area contributed by atoms with E-state index in [9.17, 15) is 9.18 Å². The van der Waals surface area contributed by atoms with Crippen LogP contribution in [0.5, 0.6) is 0 Å². The first kappa shape index (κ1) is 10.4. The fraction of sp³-hybridized carbons (Fsp3) is 0.875. The second-order valence-corrected chi connectivity index (χ2v) is 3.70. The number of alkyl halides is 1. The van der Waals surface area contributed by atoms with Crippen LogP contribution in [0.25, 0.3) is 0 Å². The highest BCUT2D eigenvalue weighted by Crippen LogP contribution is 2.17. The van der Waals surface area contributed by atoms with E-state index < -0.39 is 17.8 Å². The zero-order valence-corrected chi connectivity index (χ0v) is 7.88. The van der Waals surface area contributed by atoms with Crippen molar-refractivity contribution in [2.24, 2.45) is 0 Å². The SMILES string of the molecule is CC(C)(F)N1CCNC(C(=O)O)C1. The van der Waals surface area contributed by atoms with E-state index >= 15 is 0 Å². The zero-order valence-electron chi connectivity index (χ0n) is 7.88. The third kappa shape index (κ3) is 2.63. The smallest absolute Gasteiger partial charge is 0.322 e. The number of carboxylic acids is 1. The van der Waals surface area contributed by atoms with Gasteiger partial charge in [0, 0.05) is 19.6 Å². The van der Waals surface area contributed by atoms with Gasteiger partial charge in [-0.2, -0.15) is 0 Å². The Morgan fingerprint density at radius 3 is 2.77 bits per heavy atom. The van der Waals surface area contributed by atoms with E-state index in [4.69, 9.17) is 5.11 Å². The lowest BCUT2D eigenvalue weighted by molar-refractivity contribution is -0.142. The minimum atomic E-state index is -1.43. The Kier molecular flexibility index (Phi) is 2.87. The van der Waals surface area contributed by atoms with Gasteiger partial charge in [0.2, 0.25) is 0 Å². The summed E-state index contributed by atoms with van der Waals surface area (Å²) in [6.07, 6.45) is 0. The van der Waals surface area contributed by atoms with Crippen molar-refractivity contribution < 1.29 is 14.3 Å². The summed E-state index contributed by atoms with van der Waals surface area (Å²) in [5.41, 5.74) is 0. The summed E-state index contributed by atoms with van der Waals surface area (Å²) in [6.45, 7) is 4.17. The molecule has 1 atom stereocenters. The fourth-order valence-corrected chi connectivity index (χ4v) is 1.40. The first-order valence-corrected chi connectivity index (χ1v) is 4.31. The Morgan fingerprint density at radius 2 is 2.31 bits per heavy atom. The number of carbonyl (C=O) groups is 1. The van der Waals surface area contributed by atoms with E-state index in [0.29, 0.717) is 13.1 Å². The maximum atomic E-state index is 13.4. The molecule has 0 bridgehead atoms. The molecule has 5 heteroatoms. The summed E-state index contributed by atoms with van der Waals surface area (Å²) in [5, 5.41) is 11.5. The molecule has 1 aliphatic rings. The molecule has 0 radical (unpaired) electrons. The number of nitrogens with zero attached hydrogens (tertiary/aromatic N) is 1. The van der Waals surface area contributed by atoms with E-state index in [1.807, 2.05) is 0 Å². The highest BCUT2D eigenvalue weighted by Gasteiger charge is 2.33. The molecule has 1 rings (SSSR count). The molecule has 0 spiro atoms. The van der Waals surface area contributed by atoms with Gasteiger partial charge >= 0.3 is 5.97 Å². The summed E-state index contributed by atoms with van der Waals surface area (Å²) in [7, 11) is 0. The predicted molar refractivity (Wildman–Crippen MR) is 46.2 cm³/mol. The Labute approximate surface area is 76.7 Å². The number of carboxylic acid groups (broad SMARTS) is 1. The summed E-state index contributed by atoms with van der Waals surface area (Å²) in [6, 6.07) is -0.649. The summed E-state index contributed by atoms with van der Waals surface area (Å²) >= 11 is 0. The van der Waals surface area contributed by atoms with Gasteiger partial charge in [-0.3, -0.25) is 9.69 Å². The molecule has 1 heterocycles. The highest BCUT2D eigenvalue weighted by molar-refractivity contribution is 5.73. The van der Waals surface area contributed by atoms with Crippen molar-refractivity contribution in [3.63, 3.8) is 0 Å². The minimum Gasteiger partial charge on any atom is -0.480 e. The van der Waals surface area contributed by atoms with E-state index in [-0.39, 0.29) is 6.54 Å². The van der Waals surface area contributed by atoms with Crippen molar-refractivity contribution in [2.75, 3.05) is 19.6 Å². The lowest BCUT2D eigenvalue weighted by Crippen LogP contribution is -2.58. The molecule has 0 aliphatic carbocycles. The first-order valence-electron chi connectivity index (χ1n) is 4.31. The Morgan fingerprint density at radius 1 is 1.69 bits per heavy atom. The number of nitrogens with one attached hydrogen (secondary N) is 1. The standard InChI is InChI=1S/C8H15FN2O2/c1-8(2,9)11-4-3-10-6(5-11)7(12)13/h6,10H,3-5H2,1-2H3,(H,12,13). The number of aliphatic carboxylic acids is 1. The molecular formula is C8H15FN2O2. The molecule has 1 aliphatic heterocycles. The van der Waals surface area contributed by atoms with Crippen LogP contribution in [-0.2, 0) is 4.79 Å². The van der Waals surface area contributed by atoms with Gasteiger partial charge in [0.15, 0.2) is 5.79 Å². The average molecular weight is 190 g/mol. The second kappa shape index (κ2) is 3.59.